The Hall–Kier alpha value is -5.31. The van der Waals surface area contributed by atoms with Crippen molar-refractivity contribution >= 4 is 35.0 Å². The fourth-order valence-electron chi connectivity index (χ4n) is 7.44. The van der Waals surface area contributed by atoms with Gasteiger partial charge in [-0.3, -0.25) is 29.4 Å². The number of benzene rings is 1. The van der Waals surface area contributed by atoms with E-state index in [4.69, 9.17) is 9.72 Å². The van der Waals surface area contributed by atoms with Crippen molar-refractivity contribution < 1.29 is 37.1 Å². The van der Waals surface area contributed by atoms with Crippen molar-refractivity contribution in [3.63, 3.8) is 0 Å². The zero-order chi connectivity index (χ0) is 38.1. The van der Waals surface area contributed by atoms with Gasteiger partial charge in [-0.2, -0.15) is 13.2 Å². The summed E-state index contributed by atoms with van der Waals surface area (Å²) in [5, 5.41) is 5.07. The molecule has 12 nitrogen and oxygen atoms in total. The molecule has 4 aromatic rings. The first-order chi connectivity index (χ1) is 25.8. The Morgan fingerprint density at radius 3 is 2.39 bits per heavy atom. The number of pyridine rings is 2. The van der Waals surface area contributed by atoms with Crippen LogP contribution >= 0.6 is 0 Å². The predicted molar refractivity (Wildman–Crippen MR) is 192 cm³/mol. The second-order valence-corrected chi connectivity index (χ2v) is 14.7. The van der Waals surface area contributed by atoms with Gasteiger partial charge >= 0.3 is 6.18 Å². The summed E-state index contributed by atoms with van der Waals surface area (Å²) in [6.07, 6.45) is 1.94. The van der Waals surface area contributed by atoms with Crippen molar-refractivity contribution in [2.45, 2.75) is 70.1 Å². The van der Waals surface area contributed by atoms with Gasteiger partial charge in [0.2, 0.25) is 17.7 Å². The van der Waals surface area contributed by atoms with E-state index >= 15 is 0 Å². The minimum Gasteiger partial charge on any atom is -0.489 e. The molecule has 15 heteroatoms. The van der Waals surface area contributed by atoms with Crippen molar-refractivity contribution in [2.24, 2.45) is 5.92 Å². The largest absolute Gasteiger partial charge is 0.489 e. The van der Waals surface area contributed by atoms with E-state index in [0.29, 0.717) is 56.2 Å². The Kier molecular flexibility index (Phi) is 10.4. The van der Waals surface area contributed by atoms with E-state index in [9.17, 15) is 32.3 Å². The van der Waals surface area contributed by atoms with Crippen LogP contribution in [0, 0.1) is 5.92 Å². The van der Waals surface area contributed by atoms with Crippen LogP contribution in [-0.4, -0.2) is 86.6 Å². The zero-order valence-corrected chi connectivity index (χ0v) is 30.1. The highest BCUT2D eigenvalue weighted by atomic mass is 19.4. The number of nitrogens with one attached hydrogen (secondary N) is 2. The number of halogens is 3. The molecule has 1 aromatic carbocycles. The van der Waals surface area contributed by atoms with Crippen molar-refractivity contribution in [3.8, 4) is 5.75 Å². The van der Waals surface area contributed by atoms with Crippen LogP contribution in [0.4, 0.5) is 18.9 Å². The number of fused-ring (bicyclic) bond motifs is 1. The number of piperidine rings is 2. The molecule has 3 saturated heterocycles. The lowest BCUT2D eigenvalue weighted by molar-refractivity contribution is -0.141. The van der Waals surface area contributed by atoms with Gasteiger partial charge in [0.25, 0.3) is 5.91 Å². The van der Waals surface area contributed by atoms with E-state index in [1.165, 1.54) is 11.6 Å². The molecular weight excluding hydrogens is 703 g/mol. The second-order valence-electron chi connectivity index (χ2n) is 14.7. The van der Waals surface area contributed by atoms with Crippen molar-refractivity contribution in [1.82, 2.24) is 29.5 Å². The lowest BCUT2D eigenvalue weighted by atomic mass is 9.86. The monoisotopic (exact) mass is 745 g/mol. The van der Waals surface area contributed by atoms with E-state index in [2.05, 4.69) is 32.7 Å². The summed E-state index contributed by atoms with van der Waals surface area (Å²) in [5.74, 6) is -0.485. The molecule has 0 spiro atoms. The van der Waals surface area contributed by atoms with Gasteiger partial charge in [-0.25, -0.2) is 9.97 Å². The number of carbonyl (C=O) groups is 4. The van der Waals surface area contributed by atoms with Gasteiger partial charge in [0.1, 0.15) is 28.5 Å². The first-order valence-corrected chi connectivity index (χ1v) is 18.3. The van der Waals surface area contributed by atoms with Gasteiger partial charge in [0.05, 0.1) is 24.3 Å². The normalized spacial score (nSPS) is 18.9. The molecule has 0 saturated carbocycles. The average Bonchev–Trinajstić information content (AvgIpc) is 3.50. The standard InChI is InChI=1S/C39H42F3N7O5/c1-23(2)54-32-17-34-43-28(20-48(34)21-31(32)45-38(53)30-4-3-5-33(44-30)39(40,41)42)16-24-18-49(19-24)36(51)22-47-14-12-26(13-15-47)25-6-8-27(9-7-25)29-10-11-35(50)46-37(29)52/h3-9,17,20-21,23-24,26,29H,10-16,18-19,22H2,1-2H3,(H,45,53)(H,46,50,52). The molecule has 6 heterocycles. The molecule has 0 aliphatic carbocycles. The Balaban J connectivity index is 0.898. The summed E-state index contributed by atoms with van der Waals surface area (Å²) in [4.78, 5) is 62.1. The number of imide groups is 1. The molecule has 7 rings (SSSR count). The topological polar surface area (TPSA) is 138 Å². The zero-order valence-electron chi connectivity index (χ0n) is 30.1. The Bertz CT molecular complexity index is 2050. The van der Waals surface area contributed by atoms with Gasteiger partial charge < -0.3 is 19.4 Å². The highest BCUT2D eigenvalue weighted by molar-refractivity contribution is 6.04. The van der Waals surface area contributed by atoms with Crippen LogP contribution in [0.15, 0.2) is 60.9 Å². The molecule has 0 bridgehead atoms. The third-order valence-electron chi connectivity index (χ3n) is 10.3. The average molecular weight is 746 g/mol. The van der Waals surface area contributed by atoms with Crippen LogP contribution in [0.1, 0.15) is 84.4 Å². The van der Waals surface area contributed by atoms with Crippen LogP contribution in [0.3, 0.4) is 0 Å². The van der Waals surface area contributed by atoms with Gasteiger partial charge in [-0.05, 0) is 87.7 Å². The third kappa shape index (κ3) is 8.40. The molecular formula is C39H42F3N7O5. The number of carbonyl (C=O) groups excluding carboxylic acids is 4. The van der Waals surface area contributed by atoms with Crippen molar-refractivity contribution in [3.05, 3.63) is 89.1 Å². The minimum absolute atomic E-state index is 0.111. The maximum atomic E-state index is 13.2. The molecule has 4 amide bonds. The summed E-state index contributed by atoms with van der Waals surface area (Å²) >= 11 is 0. The number of ether oxygens (including phenoxy) is 1. The number of nitrogens with zero attached hydrogens (tertiary/aromatic N) is 5. The fraction of sp³-hybridized carbons (Fsp3) is 0.436. The highest BCUT2D eigenvalue weighted by Crippen LogP contribution is 2.33. The molecule has 54 heavy (non-hydrogen) atoms. The molecule has 3 aliphatic heterocycles. The summed E-state index contributed by atoms with van der Waals surface area (Å²) in [7, 11) is 0. The maximum Gasteiger partial charge on any atom is 0.433 e. The third-order valence-corrected chi connectivity index (χ3v) is 10.3. The summed E-state index contributed by atoms with van der Waals surface area (Å²) < 4.78 is 47.2. The smallest absolute Gasteiger partial charge is 0.433 e. The molecule has 1 unspecified atom stereocenters. The number of rotatable bonds is 10. The van der Waals surface area contributed by atoms with E-state index in [1.54, 1.807) is 16.7 Å². The number of hydrogen-bond acceptors (Lipinski definition) is 8. The van der Waals surface area contributed by atoms with Gasteiger partial charge in [-0.1, -0.05) is 30.3 Å². The quantitative estimate of drug-likeness (QED) is 0.212. The lowest BCUT2D eigenvalue weighted by Crippen LogP contribution is -2.54. The summed E-state index contributed by atoms with van der Waals surface area (Å²) in [6.45, 7) is 6.94. The van der Waals surface area contributed by atoms with Crippen LogP contribution in [-0.2, 0) is 27.0 Å². The number of hydrogen-bond donors (Lipinski definition) is 2. The first-order valence-electron chi connectivity index (χ1n) is 18.3. The molecule has 1 atom stereocenters. The van der Waals surface area contributed by atoms with Crippen molar-refractivity contribution in [1.29, 1.82) is 0 Å². The van der Waals surface area contributed by atoms with Crippen molar-refractivity contribution in [2.75, 3.05) is 38.0 Å². The molecule has 3 aromatic heterocycles. The van der Waals surface area contributed by atoms with Gasteiger partial charge in [0, 0.05) is 38.0 Å². The number of amides is 4. The van der Waals surface area contributed by atoms with Crippen LogP contribution in [0.25, 0.3) is 5.65 Å². The molecule has 0 radical (unpaired) electrons. The number of likely N-dealkylation sites (tertiary alicyclic amines) is 2. The molecule has 2 N–H and O–H groups in total. The molecule has 3 aliphatic rings. The molecule has 3 fully saturated rings. The van der Waals surface area contributed by atoms with E-state index < -0.39 is 17.8 Å². The minimum atomic E-state index is -4.68. The Labute approximate surface area is 310 Å². The van der Waals surface area contributed by atoms with E-state index in [1.807, 2.05) is 37.1 Å². The Morgan fingerprint density at radius 1 is 0.981 bits per heavy atom. The van der Waals surface area contributed by atoms with Crippen LogP contribution in [0.5, 0.6) is 5.75 Å². The number of anilines is 1. The number of imidazole rings is 1. The van der Waals surface area contributed by atoms with Crippen LogP contribution in [0.2, 0.25) is 0 Å². The number of aromatic nitrogens is 3. The predicted octanol–water partition coefficient (Wildman–Crippen LogP) is 5.19. The second kappa shape index (κ2) is 15.2. The maximum absolute atomic E-state index is 13.2. The fourth-order valence-corrected chi connectivity index (χ4v) is 7.44. The lowest BCUT2D eigenvalue weighted by Gasteiger charge is -2.41. The van der Waals surface area contributed by atoms with Gasteiger partial charge in [0.15, 0.2) is 0 Å². The number of alkyl halides is 3. The SMILES string of the molecule is CC(C)Oc1cc2nc(CC3CN(C(=O)CN4CCC(c5ccc(C6CCC(=O)NC6=O)cc5)CC4)C3)cn2cc1NC(=O)c1cccc(C(F)(F)F)n1. The van der Waals surface area contributed by atoms with E-state index in [-0.39, 0.29) is 47.0 Å². The first kappa shape index (κ1) is 37.0. The molecule has 284 valence electrons. The van der Waals surface area contributed by atoms with E-state index in [0.717, 1.165) is 49.3 Å². The van der Waals surface area contributed by atoms with Crippen LogP contribution < -0.4 is 15.4 Å². The Morgan fingerprint density at radius 2 is 1.70 bits per heavy atom. The summed E-state index contributed by atoms with van der Waals surface area (Å²) in [5.41, 5.74) is 2.27. The highest BCUT2D eigenvalue weighted by Gasteiger charge is 2.34. The summed E-state index contributed by atoms with van der Waals surface area (Å²) in [6, 6.07) is 13.0. The van der Waals surface area contributed by atoms with Gasteiger partial charge in [-0.15, -0.1) is 0 Å².